The first kappa shape index (κ1) is 17.6. The summed E-state index contributed by atoms with van der Waals surface area (Å²) < 4.78 is 0.818. The number of rotatable bonds is 3. The minimum absolute atomic E-state index is 0.0186. The van der Waals surface area contributed by atoms with Crippen LogP contribution in [-0.4, -0.2) is 16.9 Å². The van der Waals surface area contributed by atoms with Crippen molar-refractivity contribution in [3.63, 3.8) is 0 Å². The molecule has 8 heteroatoms. The van der Waals surface area contributed by atoms with Crippen LogP contribution in [0.1, 0.15) is 15.2 Å². The summed E-state index contributed by atoms with van der Waals surface area (Å²) in [5.74, 6) is -0.708. The van der Waals surface area contributed by atoms with Crippen LogP contribution in [0, 0.1) is 3.57 Å². The predicted molar refractivity (Wildman–Crippen MR) is 104 cm³/mol. The Bertz CT molecular complexity index is 745. The fourth-order valence-electron chi connectivity index (χ4n) is 1.55. The smallest absolute Gasteiger partial charge is 0.270 e. The van der Waals surface area contributed by atoms with E-state index in [1.807, 2.05) is 29.6 Å². The van der Waals surface area contributed by atoms with Gasteiger partial charge in [0.2, 0.25) is 5.91 Å². The number of hydrogen-bond donors (Lipinski definition) is 3. The van der Waals surface area contributed by atoms with E-state index in [2.05, 4.69) is 38.8 Å². The van der Waals surface area contributed by atoms with Crippen molar-refractivity contribution in [1.29, 1.82) is 0 Å². The van der Waals surface area contributed by atoms with Crippen LogP contribution in [0.25, 0.3) is 6.08 Å². The third kappa shape index (κ3) is 5.73. The zero-order valence-electron chi connectivity index (χ0n) is 11.7. The molecule has 2 amide bonds. The second-order valence-corrected chi connectivity index (χ2v) is 6.78. The Morgan fingerprint density at radius 1 is 1.13 bits per heavy atom. The number of carbonyl (C=O) groups excluding carboxylic acids is 2. The van der Waals surface area contributed by atoms with Gasteiger partial charge in [0, 0.05) is 14.5 Å². The second kappa shape index (κ2) is 8.75. The van der Waals surface area contributed by atoms with E-state index in [1.165, 1.54) is 17.4 Å². The molecule has 118 valence electrons. The molecule has 23 heavy (non-hydrogen) atoms. The van der Waals surface area contributed by atoms with Crippen molar-refractivity contribution in [2.45, 2.75) is 0 Å². The Hall–Kier alpha value is -1.78. The molecular formula is C15H12IN3O2S2. The second-order valence-electron chi connectivity index (χ2n) is 4.23. The highest BCUT2D eigenvalue weighted by Gasteiger charge is 2.09. The minimum atomic E-state index is -0.376. The quantitative estimate of drug-likeness (QED) is 0.287. The van der Waals surface area contributed by atoms with Crippen LogP contribution in [0.4, 0.5) is 0 Å². The molecular weight excluding hydrogens is 445 g/mol. The highest BCUT2D eigenvalue weighted by atomic mass is 127. The molecule has 0 unspecified atom stereocenters. The van der Waals surface area contributed by atoms with Crippen molar-refractivity contribution >= 4 is 69.1 Å². The molecule has 1 heterocycles. The SMILES string of the molecule is O=C(C=Cc1cccs1)NC(=S)NNC(=O)c1ccccc1I. The van der Waals surface area contributed by atoms with Crippen molar-refractivity contribution in [2.75, 3.05) is 0 Å². The molecule has 0 radical (unpaired) electrons. The van der Waals surface area contributed by atoms with Crippen molar-refractivity contribution in [2.24, 2.45) is 0 Å². The largest absolute Gasteiger partial charge is 0.298 e. The van der Waals surface area contributed by atoms with Gasteiger partial charge >= 0.3 is 0 Å². The van der Waals surface area contributed by atoms with Gasteiger partial charge in [-0.05, 0) is 64.5 Å². The Kier molecular flexibility index (Phi) is 6.68. The maximum Gasteiger partial charge on any atom is 0.270 e. The maximum atomic E-state index is 12.0. The first-order valence-corrected chi connectivity index (χ1v) is 8.80. The number of benzene rings is 1. The van der Waals surface area contributed by atoms with Gasteiger partial charge in [0.15, 0.2) is 5.11 Å². The summed E-state index contributed by atoms with van der Waals surface area (Å²) >= 11 is 8.55. The molecule has 5 nitrogen and oxygen atoms in total. The van der Waals surface area contributed by atoms with E-state index in [-0.39, 0.29) is 16.9 Å². The van der Waals surface area contributed by atoms with Gasteiger partial charge in [-0.1, -0.05) is 18.2 Å². The number of hydrogen-bond acceptors (Lipinski definition) is 4. The fourth-order valence-corrected chi connectivity index (χ4v) is 2.96. The average Bonchev–Trinajstić information content (AvgIpc) is 3.04. The lowest BCUT2D eigenvalue weighted by Crippen LogP contribution is -2.48. The molecule has 0 spiro atoms. The Morgan fingerprint density at radius 2 is 1.91 bits per heavy atom. The number of carbonyl (C=O) groups is 2. The van der Waals surface area contributed by atoms with E-state index in [4.69, 9.17) is 12.2 Å². The molecule has 0 aliphatic rings. The number of thiocarbonyl (C=S) groups is 1. The molecule has 0 bridgehead atoms. The number of nitrogens with one attached hydrogen (secondary N) is 3. The highest BCUT2D eigenvalue weighted by Crippen LogP contribution is 2.11. The summed E-state index contributed by atoms with van der Waals surface area (Å²) in [4.78, 5) is 24.6. The molecule has 2 rings (SSSR count). The van der Waals surface area contributed by atoms with Crippen molar-refractivity contribution in [3.05, 3.63) is 61.9 Å². The number of thiophene rings is 1. The summed E-state index contributed by atoms with van der Waals surface area (Å²) in [7, 11) is 0. The molecule has 1 aromatic carbocycles. The van der Waals surface area contributed by atoms with E-state index in [0.717, 1.165) is 8.45 Å². The average molecular weight is 457 g/mol. The molecule has 0 aliphatic heterocycles. The third-order valence-corrected chi connectivity index (χ3v) is 4.57. The van der Waals surface area contributed by atoms with Gasteiger partial charge in [0.05, 0.1) is 5.56 Å². The van der Waals surface area contributed by atoms with E-state index in [1.54, 1.807) is 18.2 Å². The van der Waals surface area contributed by atoms with E-state index < -0.39 is 0 Å². The van der Waals surface area contributed by atoms with Gasteiger partial charge in [0.1, 0.15) is 0 Å². The van der Waals surface area contributed by atoms with E-state index in [9.17, 15) is 9.59 Å². The van der Waals surface area contributed by atoms with Gasteiger partial charge < -0.3 is 0 Å². The van der Waals surface area contributed by atoms with Crippen LogP contribution in [-0.2, 0) is 4.79 Å². The summed E-state index contributed by atoms with van der Waals surface area (Å²) in [6, 6.07) is 10.9. The molecule has 0 fully saturated rings. The molecule has 0 atom stereocenters. The monoisotopic (exact) mass is 457 g/mol. The van der Waals surface area contributed by atoms with Gasteiger partial charge in [-0.15, -0.1) is 11.3 Å². The summed E-state index contributed by atoms with van der Waals surface area (Å²) in [6.45, 7) is 0. The van der Waals surface area contributed by atoms with Crippen LogP contribution >= 0.6 is 46.1 Å². The molecule has 0 aliphatic carbocycles. The van der Waals surface area contributed by atoms with Gasteiger partial charge in [-0.3, -0.25) is 25.8 Å². The van der Waals surface area contributed by atoms with E-state index in [0.29, 0.717) is 5.56 Å². The number of halogens is 1. The lowest BCUT2D eigenvalue weighted by molar-refractivity contribution is -0.115. The summed E-state index contributed by atoms with van der Waals surface area (Å²) in [6.07, 6.45) is 3.06. The molecule has 3 N–H and O–H groups in total. The third-order valence-electron chi connectivity index (χ3n) is 2.59. The Balaban J connectivity index is 1.80. The number of hydrazine groups is 1. The maximum absolute atomic E-state index is 12.0. The van der Waals surface area contributed by atoms with Crippen molar-refractivity contribution in [3.8, 4) is 0 Å². The van der Waals surface area contributed by atoms with E-state index >= 15 is 0 Å². The van der Waals surface area contributed by atoms with Crippen molar-refractivity contribution in [1.82, 2.24) is 16.2 Å². The topological polar surface area (TPSA) is 70.2 Å². The van der Waals surface area contributed by atoms with Crippen molar-refractivity contribution < 1.29 is 9.59 Å². The van der Waals surface area contributed by atoms with Crippen LogP contribution in [0.5, 0.6) is 0 Å². The predicted octanol–water partition coefficient (Wildman–Crippen LogP) is 2.70. The zero-order chi connectivity index (χ0) is 16.7. The van der Waals surface area contributed by atoms with Crippen LogP contribution < -0.4 is 16.2 Å². The summed E-state index contributed by atoms with van der Waals surface area (Å²) in [5.41, 5.74) is 5.46. The first-order chi connectivity index (χ1) is 11.1. The van der Waals surface area contributed by atoms with Gasteiger partial charge in [-0.2, -0.15) is 0 Å². The minimum Gasteiger partial charge on any atom is -0.298 e. The fraction of sp³-hybridized carbons (Fsp3) is 0. The van der Waals surface area contributed by atoms with Crippen LogP contribution in [0.3, 0.4) is 0 Å². The Morgan fingerprint density at radius 3 is 2.61 bits per heavy atom. The highest BCUT2D eigenvalue weighted by molar-refractivity contribution is 14.1. The molecule has 0 saturated carbocycles. The normalized spacial score (nSPS) is 10.3. The molecule has 0 saturated heterocycles. The molecule has 2 aromatic rings. The lowest BCUT2D eigenvalue weighted by Gasteiger charge is -2.10. The molecule has 1 aromatic heterocycles. The standard InChI is InChI=1S/C15H12IN3O2S2/c16-12-6-2-1-5-11(12)14(21)18-19-15(22)17-13(20)8-7-10-4-3-9-23-10/h1-9H,(H,18,21)(H2,17,19,20,22). The zero-order valence-corrected chi connectivity index (χ0v) is 15.5. The first-order valence-electron chi connectivity index (χ1n) is 6.43. The van der Waals surface area contributed by atoms with Gasteiger partial charge in [0.25, 0.3) is 5.91 Å². The summed E-state index contributed by atoms with van der Waals surface area (Å²) in [5, 5.41) is 4.39. The van der Waals surface area contributed by atoms with Gasteiger partial charge in [-0.25, -0.2) is 0 Å². The number of amides is 2. The van der Waals surface area contributed by atoms with Crippen LogP contribution in [0.2, 0.25) is 0 Å². The Labute approximate surface area is 156 Å². The van der Waals surface area contributed by atoms with Crippen LogP contribution in [0.15, 0.2) is 47.9 Å². The lowest BCUT2D eigenvalue weighted by atomic mass is 10.2.